The largest absolute Gasteiger partial charge is 0.306 e. The van der Waals surface area contributed by atoms with Gasteiger partial charge in [0.15, 0.2) is 0 Å². The number of amides is 2. The SMILES string of the molecule is CCCCCCCCN1C(=O)C#CC1=O. The van der Waals surface area contributed by atoms with Crippen LogP contribution in [-0.4, -0.2) is 23.3 Å². The van der Waals surface area contributed by atoms with E-state index in [0.717, 1.165) is 12.8 Å². The van der Waals surface area contributed by atoms with E-state index in [1.165, 1.54) is 30.6 Å². The molecule has 1 heterocycles. The molecule has 0 aromatic carbocycles. The Morgan fingerprint density at radius 2 is 1.47 bits per heavy atom. The van der Waals surface area contributed by atoms with Gasteiger partial charge in [-0.05, 0) is 6.42 Å². The Balaban J connectivity index is 2.06. The van der Waals surface area contributed by atoms with Gasteiger partial charge in [-0.3, -0.25) is 14.5 Å². The Morgan fingerprint density at radius 1 is 0.933 bits per heavy atom. The van der Waals surface area contributed by atoms with E-state index in [2.05, 4.69) is 18.8 Å². The molecule has 0 radical (unpaired) electrons. The summed E-state index contributed by atoms with van der Waals surface area (Å²) >= 11 is 0. The van der Waals surface area contributed by atoms with Crippen molar-refractivity contribution in [1.29, 1.82) is 0 Å². The van der Waals surface area contributed by atoms with Gasteiger partial charge in [0.1, 0.15) is 0 Å². The van der Waals surface area contributed by atoms with Crippen molar-refractivity contribution in [2.75, 3.05) is 6.54 Å². The molecule has 1 aliphatic rings. The lowest BCUT2D eigenvalue weighted by atomic mass is 10.1. The van der Waals surface area contributed by atoms with Crippen molar-refractivity contribution < 1.29 is 9.59 Å². The molecule has 0 N–H and O–H groups in total. The predicted molar refractivity (Wildman–Crippen MR) is 57.9 cm³/mol. The summed E-state index contributed by atoms with van der Waals surface area (Å²) in [4.78, 5) is 23.4. The van der Waals surface area contributed by atoms with Gasteiger partial charge in [-0.1, -0.05) is 39.0 Å². The number of carbonyl (C=O) groups is 2. The van der Waals surface area contributed by atoms with Crippen molar-refractivity contribution >= 4 is 11.8 Å². The number of rotatable bonds is 7. The van der Waals surface area contributed by atoms with Gasteiger partial charge in [-0.25, -0.2) is 0 Å². The first-order chi connectivity index (χ1) is 7.25. The van der Waals surface area contributed by atoms with Crippen molar-refractivity contribution in [3.05, 3.63) is 0 Å². The van der Waals surface area contributed by atoms with Gasteiger partial charge in [-0.2, -0.15) is 0 Å². The van der Waals surface area contributed by atoms with Crippen LogP contribution in [-0.2, 0) is 9.59 Å². The molecule has 0 aromatic rings. The fourth-order valence-electron chi connectivity index (χ4n) is 1.59. The molecule has 82 valence electrons. The fraction of sp³-hybridized carbons (Fsp3) is 0.667. The van der Waals surface area contributed by atoms with E-state index < -0.39 is 0 Å². The summed E-state index contributed by atoms with van der Waals surface area (Å²) in [6.45, 7) is 2.70. The molecule has 1 rings (SSSR count). The van der Waals surface area contributed by atoms with Crippen LogP contribution < -0.4 is 0 Å². The Hall–Kier alpha value is -1.30. The quantitative estimate of drug-likeness (QED) is 0.362. The molecule has 0 atom stereocenters. The zero-order chi connectivity index (χ0) is 11.1. The lowest BCUT2D eigenvalue weighted by molar-refractivity contribution is -0.136. The Bertz CT molecular complexity index is 278. The van der Waals surface area contributed by atoms with Crippen LogP contribution in [0.3, 0.4) is 0 Å². The van der Waals surface area contributed by atoms with Crippen LogP contribution in [0.5, 0.6) is 0 Å². The molecular weight excluding hydrogens is 190 g/mol. The summed E-state index contributed by atoms with van der Waals surface area (Å²) in [5.41, 5.74) is 0. The van der Waals surface area contributed by atoms with E-state index in [4.69, 9.17) is 0 Å². The van der Waals surface area contributed by atoms with Gasteiger partial charge < -0.3 is 0 Å². The maximum Gasteiger partial charge on any atom is 0.306 e. The number of imide groups is 1. The number of nitrogens with zero attached hydrogens (tertiary/aromatic N) is 1. The van der Waals surface area contributed by atoms with Crippen LogP contribution in [0.4, 0.5) is 0 Å². The standard InChI is InChI=1S/C12H17NO2/c1-2-3-4-5-6-7-10-13-11(14)8-9-12(13)15/h2-7,10H2,1H3. The number of unbranched alkanes of at least 4 members (excludes halogenated alkanes) is 5. The van der Waals surface area contributed by atoms with Crippen LogP contribution in [0.2, 0.25) is 0 Å². The fourth-order valence-corrected chi connectivity index (χ4v) is 1.59. The second-order valence-corrected chi connectivity index (χ2v) is 3.78. The summed E-state index contributed by atoms with van der Waals surface area (Å²) in [5, 5.41) is 0. The van der Waals surface area contributed by atoms with Gasteiger partial charge in [0.2, 0.25) is 0 Å². The number of carbonyl (C=O) groups excluding carboxylic acids is 2. The zero-order valence-electron chi connectivity index (χ0n) is 9.21. The third-order valence-corrected chi connectivity index (χ3v) is 2.50. The first-order valence-electron chi connectivity index (χ1n) is 5.63. The summed E-state index contributed by atoms with van der Waals surface area (Å²) in [6.07, 6.45) is 6.91. The van der Waals surface area contributed by atoms with E-state index >= 15 is 0 Å². The molecule has 0 aromatic heterocycles. The van der Waals surface area contributed by atoms with E-state index in [1.54, 1.807) is 0 Å². The van der Waals surface area contributed by atoms with Crippen LogP contribution in [0.15, 0.2) is 0 Å². The molecule has 0 saturated carbocycles. The smallest absolute Gasteiger partial charge is 0.261 e. The van der Waals surface area contributed by atoms with Crippen LogP contribution in [0.25, 0.3) is 0 Å². The third-order valence-electron chi connectivity index (χ3n) is 2.50. The van der Waals surface area contributed by atoms with Crippen molar-refractivity contribution in [1.82, 2.24) is 4.90 Å². The maximum absolute atomic E-state index is 11.1. The number of hydrogen-bond acceptors (Lipinski definition) is 2. The highest BCUT2D eigenvalue weighted by molar-refractivity contribution is 6.18. The number of hydrogen-bond donors (Lipinski definition) is 0. The Kier molecular flexibility index (Phi) is 4.89. The van der Waals surface area contributed by atoms with Crippen molar-refractivity contribution in [2.24, 2.45) is 0 Å². The first kappa shape index (κ1) is 11.8. The molecule has 0 spiro atoms. The molecular formula is C12H17NO2. The van der Waals surface area contributed by atoms with E-state index in [0.29, 0.717) is 6.54 Å². The van der Waals surface area contributed by atoms with Gasteiger partial charge in [0.05, 0.1) is 0 Å². The molecule has 3 nitrogen and oxygen atoms in total. The normalized spacial score (nSPS) is 14.3. The molecule has 0 bridgehead atoms. The third kappa shape index (κ3) is 3.75. The van der Waals surface area contributed by atoms with Crippen LogP contribution in [0, 0.1) is 11.8 Å². The lowest BCUT2D eigenvalue weighted by Gasteiger charge is -2.11. The minimum atomic E-state index is -0.339. The average molecular weight is 207 g/mol. The van der Waals surface area contributed by atoms with Crippen LogP contribution >= 0.6 is 0 Å². The summed E-state index contributed by atoms with van der Waals surface area (Å²) in [7, 11) is 0. The van der Waals surface area contributed by atoms with E-state index in [1.807, 2.05) is 0 Å². The minimum absolute atomic E-state index is 0.339. The van der Waals surface area contributed by atoms with E-state index in [-0.39, 0.29) is 11.8 Å². The monoisotopic (exact) mass is 207 g/mol. The average Bonchev–Trinajstić information content (AvgIpc) is 2.54. The predicted octanol–water partition coefficient (Wildman–Crippen LogP) is 1.72. The van der Waals surface area contributed by atoms with Gasteiger partial charge in [0.25, 0.3) is 0 Å². The zero-order valence-corrected chi connectivity index (χ0v) is 9.21. The Labute approximate surface area is 90.8 Å². The molecule has 0 aliphatic carbocycles. The highest BCUT2D eigenvalue weighted by Gasteiger charge is 2.22. The van der Waals surface area contributed by atoms with Crippen LogP contribution in [0.1, 0.15) is 45.4 Å². The topological polar surface area (TPSA) is 37.4 Å². The molecule has 0 saturated heterocycles. The molecule has 3 heteroatoms. The molecule has 0 fully saturated rings. The van der Waals surface area contributed by atoms with Gasteiger partial charge in [0, 0.05) is 18.4 Å². The summed E-state index contributed by atoms with van der Waals surface area (Å²) in [6, 6.07) is 0. The van der Waals surface area contributed by atoms with Gasteiger partial charge >= 0.3 is 11.8 Å². The maximum atomic E-state index is 11.1. The molecule has 2 amide bonds. The molecule has 15 heavy (non-hydrogen) atoms. The second-order valence-electron chi connectivity index (χ2n) is 3.78. The Morgan fingerprint density at radius 3 is 2.07 bits per heavy atom. The molecule has 1 aliphatic heterocycles. The minimum Gasteiger partial charge on any atom is -0.261 e. The first-order valence-corrected chi connectivity index (χ1v) is 5.63. The van der Waals surface area contributed by atoms with Crippen molar-refractivity contribution in [2.45, 2.75) is 45.4 Å². The molecule has 0 unspecified atom stereocenters. The highest BCUT2D eigenvalue weighted by atomic mass is 16.2. The summed E-state index contributed by atoms with van der Waals surface area (Å²) < 4.78 is 0. The highest BCUT2D eigenvalue weighted by Crippen LogP contribution is 2.07. The van der Waals surface area contributed by atoms with E-state index in [9.17, 15) is 9.59 Å². The van der Waals surface area contributed by atoms with Gasteiger partial charge in [-0.15, -0.1) is 0 Å². The second kappa shape index (κ2) is 6.23. The van der Waals surface area contributed by atoms with Crippen molar-refractivity contribution in [3.8, 4) is 11.8 Å². The lowest BCUT2D eigenvalue weighted by Crippen LogP contribution is -2.31. The summed E-state index contributed by atoms with van der Waals surface area (Å²) in [5.74, 6) is 3.86. The van der Waals surface area contributed by atoms with Crippen molar-refractivity contribution in [3.63, 3.8) is 0 Å².